The number of hydrogen-bond donors (Lipinski definition) is 3. The van der Waals surface area contributed by atoms with Gasteiger partial charge in [0.2, 0.25) is 15.9 Å². The number of primary amides is 1. The third kappa shape index (κ3) is 6.11. The van der Waals surface area contributed by atoms with Crippen LogP contribution < -0.4 is 15.8 Å². The Morgan fingerprint density at radius 2 is 1.83 bits per heavy atom. The summed E-state index contributed by atoms with van der Waals surface area (Å²) in [6.07, 6.45) is 2.28. The monoisotopic (exact) mass is 433 g/mol. The number of carbonyl (C=O) groups excluding carboxylic acids is 2. The second-order valence-electron chi connectivity index (χ2n) is 7.46. The van der Waals surface area contributed by atoms with Gasteiger partial charge in [-0.05, 0) is 61.1 Å². The number of hydrogen-bond acceptors (Lipinski definition) is 4. The SMILES string of the molecule is NC(=O)C(CNC(=O)c1cccc(S(=O)(=O)NCC2CC2)c1)Cc1ccc(F)cc1. The first kappa shape index (κ1) is 21.9. The number of sulfonamides is 1. The van der Waals surface area contributed by atoms with E-state index in [1.807, 2.05) is 0 Å². The maximum atomic E-state index is 13.0. The van der Waals surface area contributed by atoms with Gasteiger partial charge in [-0.25, -0.2) is 17.5 Å². The Morgan fingerprint density at radius 1 is 1.13 bits per heavy atom. The zero-order valence-electron chi connectivity index (χ0n) is 16.3. The van der Waals surface area contributed by atoms with Crippen LogP contribution in [0, 0.1) is 17.7 Å². The standard InChI is InChI=1S/C21H24FN3O4S/c22-18-8-6-14(7-9-18)10-17(20(23)26)13-24-21(27)16-2-1-3-19(11-16)30(28,29)25-12-15-4-5-15/h1-3,6-9,11,15,17,25H,4-5,10,12-13H2,(H2,23,26)(H,24,27). The van der Waals surface area contributed by atoms with E-state index in [-0.39, 0.29) is 29.2 Å². The second kappa shape index (κ2) is 9.36. The lowest BCUT2D eigenvalue weighted by atomic mass is 9.98. The number of carbonyl (C=O) groups is 2. The van der Waals surface area contributed by atoms with Crippen LogP contribution in [0.5, 0.6) is 0 Å². The van der Waals surface area contributed by atoms with E-state index in [0.717, 1.165) is 12.8 Å². The summed E-state index contributed by atoms with van der Waals surface area (Å²) in [7, 11) is -3.70. The lowest BCUT2D eigenvalue weighted by Crippen LogP contribution is -2.37. The molecule has 7 nitrogen and oxygen atoms in total. The van der Waals surface area contributed by atoms with E-state index in [1.54, 1.807) is 12.1 Å². The van der Waals surface area contributed by atoms with Crippen molar-refractivity contribution in [3.8, 4) is 0 Å². The van der Waals surface area contributed by atoms with E-state index < -0.39 is 27.8 Å². The van der Waals surface area contributed by atoms with Crippen LogP contribution in [0.4, 0.5) is 4.39 Å². The molecule has 1 fully saturated rings. The molecule has 1 aliphatic carbocycles. The minimum atomic E-state index is -3.70. The van der Waals surface area contributed by atoms with E-state index in [0.29, 0.717) is 18.0 Å². The average Bonchev–Trinajstić information content (AvgIpc) is 3.55. The molecule has 2 amide bonds. The van der Waals surface area contributed by atoms with Crippen LogP contribution in [-0.4, -0.2) is 33.3 Å². The van der Waals surface area contributed by atoms with Gasteiger partial charge in [-0.15, -0.1) is 0 Å². The largest absolute Gasteiger partial charge is 0.369 e. The number of nitrogens with two attached hydrogens (primary N) is 1. The van der Waals surface area contributed by atoms with E-state index in [1.165, 1.54) is 36.4 Å². The first-order chi connectivity index (χ1) is 14.2. The number of nitrogens with one attached hydrogen (secondary N) is 2. The fraction of sp³-hybridized carbons (Fsp3) is 0.333. The summed E-state index contributed by atoms with van der Waals surface area (Å²) < 4.78 is 40.4. The van der Waals surface area contributed by atoms with Crippen LogP contribution in [0.25, 0.3) is 0 Å². The molecule has 0 bridgehead atoms. The summed E-state index contributed by atoms with van der Waals surface area (Å²) in [6.45, 7) is 0.366. The minimum absolute atomic E-state index is 0.00793. The molecule has 1 atom stereocenters. The Labute approximate surface area is 174 Å². The molecule has 0 heterocycles. The summed E-state index contributed by atoms with van der Waals surface area (Å²) in [5.41, 5.74) is 6.31. The summed E-state index contributed by atoms with van der Waals surface area (Å²) >= 11 is 0. The zero-order chi connectivity index (χ0) is 21.7. The lowest BCUT2D eigenvalue weighted by Gasteiger charge is -2.15. The fourth-order valence-electron chi connectivity index (χ4n) is 2.93. The van der Waals surface area contributed by atoms with Crippen molar-refractivity contribution in [2.45, 2.75) is 24.2 Å². The lowest BCUT2D eigenvalue weighted by molar-refractivity contribution is -0.121. The van der Waals surface area contributed by atoms with Gasteiger partial charge in [0.1, 0.15) is 5.82 Å². The molecule has 4 N–H and O–H groups in total. The summed E-state index contributed by atoms with van der Waals surface area (Å²) in [6, 6.07) is 11.4. The molecule has 0 aromatic heterocycles. The van der Waals surface area contributed by atoms with Crippen LogP contribution in [0.3, 0.4) is 0 Å². The van der Waals surface area contributed by atoms with Crippen LogP contribution in [0.2, 0.25) is 0 Å². The van der Waals surface area contributed by atoms with Crippen molar-refractivity contribution in [3.05, 3.63) is 65.5 Å². The number of benzene rings is 2. The maximum absolute atomic E-state index is 13.0. The van der Waals surface area contributed by atoms with Gasteiger partial charge < -0.3 is 11.1 Å². The number of rotatable bonds is 10. The first-order valence-electron chi connectivity index (χ1n) is 9.66. The quantitative estimate of drug-likeness (QED) is 0.527. The third-order valence-corrected chi connectivity index (χ3v) is 6.39. The van der Waals surface area contributed by atoms with E-state index in [4.69, 9.17) is 5.73 Å². The fourth-order valence-corrected chi connectivity index (χ4v) is 4.10. The smallest absolute Gasteiger partial charge is 0.251 e. The van der Waals surface area contributed by atoms with Crippen LogP contribution in [0.15, 0.2) is 53.4 Å². The van der Waals surface area contributed by atoms with Gasteiger partial charge in [0.25, 0.3) is 5.91 Å². The van der Waals surface area contributed by atoms with Crippen LogP contribution in [0.1, 0.15) is 28.8 Å². The first-order valence-corrected chi connectivity index (χ1v) is 11.1. The molecule has 1 unspecified atom stereocenters. The van der Waals surface area contributed by atoms with Gasteiger partial charge >= 0.3 is 0 Å². The van der Waals surface area contributed by atoms with Crippen molar-refractivity contribution in [3.63, 3.8) is 0 Å². The Kier molecular flexibility index (Phi) is 6.84. The van der Waals surface area contributed by atoms with E-state index in [2.05, 4.69) is 10.0 Å². The third-order valence-electron chi connectivity index (χ3n) is 4.97. The molecule has 2 aromatic carbocycles. The van der Waals surface area contributed by atoms with E-state index in [9.17, 15) is 22.4 Å². The Bertz CT molecular complexity index is 1020. The molecule has 0 spiro atoms. The van der Waals surface area contributed by atoms with Crippen LogP contribution in [-0.2, 0) is 21.2 Å². The molecular weight excluding hydrogens is 409 g/mol. The average molecular weight is 434 g/mol. The molecule has 2 aromatic rings. The van der Waals surface area contributed by atoms with Crippen LogP contribution >= 0.6 is 0 Å². The molecule has 1 aliphatic rings. The van der Waals surface area contributed by atoms with Gasteiger partial charge in [-0.2, -0.15) is 0 Å². The zero-order valence-corrected chi connectivity index (χ0v) is 17.1. The highest BCUT2D eigenvalue weighted by Gasteiger charge is 2.25. The van der Waals surface area contributed by atoms with Gasteiger partial charge in [0.05, 0.1) is 10.8 Å². The Morgan fingerprint density at radius 3 is 2.47 bits per heavy atom. The van der Waals surface area contributed by atoms with Crippen molar-refractivity contribution in [1.29, 1.82) is 0 Å². The minimum Gasteiger partial charge on any atom is -0.369 e. The molecule has 0 aliphatic heterocycles. The highest BCUT2D eigenvalue weighted by Crippen LogP contribution is 2.28. The summed E-state index contributed by atoms with van der Waals surface area (Å²) in [4.78, 5) is 24.3. The topological polar surface area (TPSA) is 118 Å². The maximum Gasteiger partial charge on any atom is 0.251 e. The van der Waals surface area contributed by atoms with Crippen molar-refractivity contribution < 1.29 is 22.4 Å². The predicted molar refractivity (Wildman–Crippen MR) is 109 cm³/mol. The Balaban J connectivity index is 1.62. The molecule has 9 heteroatoms. The van der Waals surface area contributed by atoms with Crippen molar-refractivity contribution in [2.24, 2.45) is 17.6 Å². The van der Waals surface area contributed by atoms with Gasteiger partial charge in [0.15, 0.2) is 0 Å². The molecule has 30 heavy (non-hydrogen) atoms. The van der Waals surface area contributed by atoms with Crippen molar-refractivity contribution >= 4 is 21.8 Å². The molecule has 0 saturated heterocycles. The normalized spacial score (nSPS) is 14.8. The Hall–Kier alpha value is -2.78. The molecular formula is C21H24FN3O4S. The van der Waals surface area contributed by atoms with Gasteiger partial charge in [-0.1, -0.05) is 18.2 Å². The predicted octanol–water partition coefficient (Wildman–Crippen LogP) is 1.59. The highest BCUT2D eigenvalue weighted by molar-refractivity contribution is 7.89. The summed E-state index contributed by atoms with van der Waals surface area (Å²) in [5.74, 6) is -1.80. The number of halogens is 1. The molecule has 1 saturated carbocycles. The number of amides is 2. The van der Waals surface area contributed by atoms with Crippen molar-refractivity contribution in [1.82, 2.24) is 10.0 Å². The van der Waals surface area contributed by atoms with Gasteiger partial charge in [-0.3, -0.25) is 9.59 Å². The molecule has 160 valence electrons. The molecule has 3 rings (SSSR count). The van der Waals surface area contributed by atoms with E-state index >= 15 is 0 Å². The van der Waals surface area contributed by atoms with Gasteiger partial charge in [0, 0.05) is 18.7 Å². The highest BCUT2D eigenvalue weighted by atomic mass is 32.2. The van der Waals surface area contributed by atoms with Crippen molar-refractivity contribution in [2.75, 3.05) is 13.1 Å². The second-order valence-corrected chi connectivity index (χ2v) is 9.23. The molecule has 0 radical (unpaired) electrons. The summed E-state index contributed by atoms with van der Waals surface area (Å²) in [5, 5.41) is 2.62.